The van der Waals surface area contributed by atoms with Crippen molar-refractivity contribution < 1.29 is 14.3 Å². The molecule has 3 heterocycles. The predicted octanol–water partition coefficient (Wildman–Crippen LogP) is 2.36. The monoisotopic (exact) mass is 301 g/mol. The van der Waals surface area contributed by atoms with E-state index in [0.29, 0.717) is 11.8 Å². The van der Waals surface area contributed by atoms with Crippen molar-refractivity contribution in [2.24, 2.45) is 5.92 Å². The van der Waals surface area contributed by atoms with E-state index in [2.05, 4.69) is 23.1 Å². The lowest BCUT2D eigenvalue weighted by atomic mass is 9.95. The Morgan fingerprint density at radius 2 is 2.00 bits per heavy atom. The Morgan fingerprint density at radius 3 is 2.86 bits per heavy atom. The van der Waals surface area contributed by atoms with Crippen LogP contribution in [-0.2, 0) is 16.0 Å². The van der Waals surface area contributed by atoms with E-state index < -0.39 is 0 Å². The Hall–Kier alpha value is -1.55. The molecule has 118 valence electrons. The maximum absolute atomic E-state index is 12.6. The Labute approximate surface area is 131 Å². The molecule has 0 radical (unpaired) electrons. The van der Waals surface area contributed by atoms with E-state index in [1.807, 2.05) is 0 Å². The minimum Gasteiger partial charge on any atom is -0.493 e. The number of ether oxygens (including phenoxy) is 2. The Bertz CT molecular complexity index is 565. The summed E-state index contributed by atoms with van der Waals surface area (Å²) >= 11 is 0. The molecule has 0 saturated carbocycles. The predicted molar refractivity (Wildman–Crippen MR) is 83.1 cm³/mol. The van der Waals surface area contributed by atoms with Gasteiger partial charge in [0.25, 0.3) is 0 Å². The maximum atomic E-state index is 12.6. The van der Waals surface area contributed by atoms with E-state index in [1.165, 1.54) is 11.1 Å². The van der Waals surface area contributed by atoms with Crippen molar-refractivity contribution in [1.82, 2.24) is 4.90 Å². The first-order valence-electron chi connectivity index (χ1n) is 8.43. The first-order chi connectivity index (χ1) is 10.8. The smallest absolute Gasteiger partial charge is 0.225 e. The summed E-state index contributed by atoms with van der Waals surface area (Å²) in [6, 6.07) is 6.56. The van der Waals surface area contributed by atoms with Crippen molar-refractivity contribution in [1.29, 1.82) is 0 Å². The minimum absolute atomic E-state index is 0.181. The summed E-state index contributed by atoms with van der Waals surface area (Å²) in [7, 11) is 0. The van der Waals surface area contributed by atoms with Crippen molar-refractivity contribution in [3.8, 4) is 5.75 Å². The van der Waals surface area contributed by atoms with Gasteiger partial charge < -0.3 is 14.4 Å². The number of amides is 1. The molecule has 1 atom stereocenters. The molecule has 2 saturated heterocycles. The van der Waals surface area contributed by atoms with E-state index >= 15 is 0 Å². The molecule has 0 aromatic heterocycles. The van der Waals surface area contributed by atoms with Crippen molar-refractivity contribution in [2.45, 2.75) is 31.6 Å². The lowest BCUT2D eigenvalue weighted by Crippen LogP contribution is -2.37. The second-order valence-corrected chi connectivity index (χ2v) is 6.62. The fourth-order valence-corrected chi connectivity index (χ4v) is 3.90. The lowest BCUT2D eigenvalue weighted by molar-refractivity contribution is -0.137. The third-order valence-electron chi connectivity index (χ3n) is 5.26. The molecular weight excluding hydrogens is 278 g/mol. The number of benzene rings is 1. The van der Waals surface area contributed by atoms with Crippen LogP contribution in [0.5, 0.6) is 5.75 Å². The molecule has 22 heavy (non-hydrogen) atoms. The quantitative estimate of drug-likeness (QED) is 0.842. The number of carbonyl (C=O) groups excluding carboxylic acids is 1. The molecule has 4 nitrogen and oxygen atoms in total. The van der Waals surface area contributed by atoms with Crippen molar-refractivity contribution in [3.63, 3.8) is 0 Å². The molecule has 4 rings (SSSR count). The van der Waals surface area contributed by atoms with Crippen molar-refractivity contribution in [3.05, 3.63) is 29.3 Å². The summed E-state index contributed by atoms with van der Waals surface area (Å²) < 4.78 is 10.9. The van der Waals surface area contributed by atoms with Gasteiger partial charge >= 0.3 is 0 Å². The topological polar surface area (TPSA) is 38.8 Å². The highest BCUT2D eigenvalue weighted by Gasteiger charge is 2.32. The average Bonchev–Trinajstić information content (AvgIpc) is 3.23. The summed E-state index contributed by atoms with van der Waals surface area (Å²) in [5.41, 5.74) is 2.69. The standard InChI is InChI=1S/C18H23NO3/c20-18(13-4-8-21-9-5-13)19-7-3-16(12-19)14-1-2-17-15(11-14)6-10-22-17/h1-2,11,13,16H,3-10,12H2. The first-order valence-corrected chi connectivity index (χ1v) is 8.43. The van der Waals surface area contributed by atoms with Crippen molar-refractivity contribution in [2.75, 3.05) is 32.9 Å². The molecule has 0 spiro atoms. The number of fused-ring (bicyclic) bond motifs is 1. The van der Waals surface area contributed by atoms with Gasteiger partial charge in [-0.05, 0) is 36.5 Å². The average molecular weight is 301 g/mol. The van der Waals surface area contributed by atoms with Gasteiger partial charge in [-0.15, -0.1) is 0 Å². The minimum atomic E-state index is 0.181. The van der Waals surface area contributed by atoms with Crippen LogP contribution in [0.3, 0.4) is 0 Å². The molecular formula is C18H23NO3. The summed E-state index contributed by atoms with van der Waals surface area (Å²) in [5, 5.41) is 0. The van der Waals surface area contributed by atoms with Crippen LogP contribution in [0.2, 0.25) is 0 Å². The van der Waals surface area contributed by atoms with Gasteiger partial charge in [0.2, 0.25) is 5.91 Å². The van der Waals surface area contributed by atoms with Gasteiger partial charge in [-0.25, -0.2) is 0 Å². The fourth-order valence-electron chi connectivity index (χ4n) is 3.90. The van der Waals surface area contributed by atoms with Gasteiger partial charge in [0.1, 0.15) is 5.75 Å². The number of hydrogen-bond donors (Lipinski definition) is 0. The Kier molecular flexibility index (Phi) is 3.78. The lowest BCUT2D eigenvalue weighted by Gasteiger charge is -2.26. The fraction of sp³-hybridized carbons (Fsp3) is 0.611. The Balaban J connectivity index is 1.42. The molecule has 3 aliphatic rings. The summed E-state index contributed by atoms with van der Waals surface area (Å²) in [4.78, 5) is 14.7. The molecule has 0 bridgehead atoms. The highest BCUT2D eigenvalue weighted by Crippen LogP contribution is 2.33. The number of carbonyl (C=O) groups is 1. The SMILES string of the molecule is O=C(C1CCOCC1)N1CCC(c2ccc3c(c2)CCO3)C1. The van der Waals surface area contributed by atoms with E-state index in [1.54, 1.807) is 0 Å². The third-order valence-corrected chi connectivity index (χ3v) is 5.26. The van der Waals surface area contributed by atoms with Crippen LogP contribution < -0.4 is 4.74 Å². The second kappa shape index (κ2) is 5.92. The van der Waals surface area contributed by atoms with E-state index in [9.17, 15) is 4.79 Å². The van der Waals surface area contributed by atoms with Gasteiger partial charge in [-0.2, -0.15) is 0 Å². The normalized spacial score (nSPS) is 25.1. The van der Waals surface area contributed by atoms with E-state index in [4.69, 9.17) is 9.47 Å². The maximum Gasteiger partial charge on any atom is 0.225 e. The van der Waals surface area contributed by atoms with Crippen LogP contribution in [0.15, 0.2) is 18.2 Å². The van der Waals surface area contributed by atoms with Gasteiger partial charge in [-0.3, -0.25) is 4.79 Å². The number of likely N-dealkylation sites (tertiary alicyclic amines) is 1. The highest BCUT2D eigenvalue weighted by atomic mass is 16.5. The van der Waals surface area contributed by atoms with Gasteiger partial charge in [-0.1, -0.05) is 12.1 Å². The van der Waals surface area contributed by atoms with Gasteiger partial charge in [0, 0.05) is 44.6 Å². The van der Waals surface area contributed by atoms with Crippen LogP contribution in [0.4, 0.5) is 0 Å². The summed E-state index contributed by atoms with van der Waals surface area (Å²) in [5.74, 6) is 2.04. The zero-order valence-corrected chi connectivity index (χ0v) is 12.9. The first kappa shape index (κ1) is 14.1. The number of hydrogen-bond acceptors (Lipinski definition) is 3. The van der Waals surface area contributed by atoms with Gasteiger partial charge in [0.05, 0.1) is 6.61 Å². The van der Waals surface area contributed by atoms with Crippen LogP contribution in [0, 0.1) is 5.92 Å². The summed E-state index contributed by atoms with van der Waals surface area (Å²) in [6.45, 7) is 4.04. The van der Waals surface area contributed by atoms with E-state index in [0.717, 1.165) is 64.3 Å². The largest absolute Gasteiger partial charge is 0.493 e. The zero-order chi connectivity index (χ0) is 14.9. The molecule has 4 heteroatoms. The number of rotatable bonds is 2. The molecule has 0 aliphatic carbocycles. The Morgan fingerprint density at radius 1 is 1.14 bits per heavy atom. The van der Waals surface area contributed by atoms with Crippen LogP contribution in [-0.4, -0.2) is 43.7 Å². The molecule has 1 aromatic rings. The van der Waals surface area contributed by atoms with E-state index in [-0.39, 0.29) is 5.92 Å². The number of nitrogens with zero attached hydrogens (tertiary/aromatic N) is 1. The highest BCUT2D eigenvalue weighted by molar-refractivity contribution is 5.79. The molecule has 1 aromatic carbocycles. The van der Waals surface area contributed by atoms with Crippen LogP contribution in [0.25, 0.3) is 0 Å². The molecule has 2 fully saturated rings. The third kappa shape index (κ3) is 2.60. The zero-order valence-electron chi connectivity index (χ0n) is 12.9. The van der Waals surface area contributed by atoms with Gasteiger partial charge in [0.15, 0.2) is 0 Å². The second-order valence-electron chi connectivity index (χ2n) is 6.62. The van der Waals surface area contributed by atoms with Crippen LogP contribution in [0.1, 0.15) is 36.3 Å². The molecule has 1 unspecified atom stereocenters. The molecule has 1 amide bonds. The van der Waals surface area contributed by atoms with Crippen LogP contribution >= 0.6 is 0 Å². The van der Waals surface area contributed by atoms with Crippen molar-refractivity contribution >= 4 is 5.91 Å². The molecule has 3 aliphatic heterocycles. The summed E-state index contributed by atoms with van der Waals surface area (Å²) in [6.07, 6.45) is 3.86. The molecule has 0 N–H and O–H groups in total.